The van der Waals surface area contributed by atoms with E-state index in [4.69, 9.17) is 0 Å². The normalized spacial score (nSPS) is 21.1. The maximum Gasteiger partial charge on any atom is 0.0572 e. The van der Waals surface area contributed by atoms with Gasteiger partial charge in [-0.3, -0.25) is 4.98 Å². The zero-order valence-electron chi connectivity index (χ0n) is 7.90. The van der Waals surface area contributed by atoms with Crippen molar-refractivity contribution in [2.24, 2.45) is 5.41 Å². The van der Waals surface area contributed by atoms with E-state index in [9.17, 15) is 5.11 Å². The smallest absolute Gasteiger partial charge is 0.0572 e. The van der Waals surface area contributed by atoms with Crippen LogP contribution in [0.5, 0.6) is 0 Å². The van der Waals surface area contributed by atoms with Crippen LogP contribution in [0.4, 0.5) is 0 Å². The van der Waals surface area contributed by atoms with Crippen molar-refractivity contribution in [1.29, 1.82) is 0 Å². The highest BCUT2D eigenvalue weighted by Crippen LogP contribution is 2.50. The van der Waals surface area contributed by atoms with Gasteiger partial charge in [0, 0.05) is 17.3 Å². The molecule has 1 atom stereocenters. The highest BCUT2D eigenvalue weighted by Gasteiger charge is 2.46. The van der Waals surface area contributed by atoms with E-state index >= 15 is 0 Å². The summed E-state index contributed by atoms with van der Waals surface area (Å²) in [4.78, 5) is 4.28. The molecule has 1 saturated carbocycles. The SMILES string of the molecule is CC(O)C1(Cc2ccccn2)CC1. The van der Waals surface area contributed by atoms with Crippen LogP contribution in [0.1, 0.15) is 25.5 Å². The van der Waals surface area contributed by atoms with Crippen LogP contribution >= 0.6 is 0 Å². The molecule has 13 heavy (non-hydrogen) atoms. The second kappa shape index (κ2) is 3.11. The van der Waals surface area contributed by atoms with Gasteiger partial charge in [0.15, 0.2) is 0 Å². The van der Waals surface area contributed by atoms with Crippen molar-refractivity contribution >= 4 is 0 Å². The fraction of sp³-hybridized carbons (Fsp3) is 0.545. The minimum Gasteiger partial charge on any atom is -0.393 e. The van der Waals surface area contributed by atoms with Gasteiger partial charge in [0.25, 0.3) is 0 Å². The van der Waals surface area contributed by atoms with Gasteiger partial charge in [-0.05, 0) is 38.3 Å². The van der Waals surface area contributed by atoms with Gasteiger partial charge in [0.05, 0.1) is 6.10 Å². The van der Waals surface area contributed by atoms with E-state index in [0.29, 0.717) is 0 Å². The summed E-state index contributed by atoms with van der Waals surface area (Å²) >= 11 is 0. The van der Waals surface area contributed by atoms with Gasteiger partial charge in [-0.25, -0.2) is 0 Å². The molecule has 1 aliphatic carbocycles. The van der Waals surface area contributed by atoms with E-state index in [1.807, 2.05) is 31.3 Å². The quantitative estimate of drug-likeness (QED) is 0.763. The third-order valence-corrected chi connectivity index (χ3v) is 3.04. The van der Waals surface area contributed by atoms with Gasteiger partial charge in [-0.1, -0.05) is 6.07 Å². The maximum atomic E-state index is 9.58. The number of hydrogen-bond acceptors (Lipinski definition) is 2. The first-order chi connectivity index (χ1) is 6.23. The molecule has 1 fully saturated rings. The van der Waals surface area contributed by atoms with Crippen LogP contribution in [0.15, 0.2) is 24.4 Å². The van der Waals surface area contributed by atoms with Crippen LogP contribution < -0.4 is 0 Å². The Bertz CT molecular complexity index is 277. The van der Waals surface area contributed by atoms with E-state index in [2.05, 4.69) is 4.98 Å². The average Bonchev–Trinajstić information content (AvgIpc) is 2.87. The van der Waals surface area contributed by atoms with Crippen molar-refractivity contribution in [1.82, 2.24) is 4.98 Å². The molecule has 2 rings (SSSR count). The lowest BCUT2D eigenvalue weighted by molar-refractivity contribution is 0.110. The van der Waals surface area contributed by atoms with E-state index < -0.39 is 0 Å². The monoisotopic (exact) mass is 177 g/mol. The predicted octanol–water partition coefficient (Wildman–Crippen LogP) is 1.79. The fourth-order valence-corrected chi connectivity index (χ4v) is 1.77. The second-order valence-corrected chi connectivity index (χ2v) is 4.04. The minimum atomic E-state index is -0.200. The number of aromatic nitrogens is 1. The molecule has 1 N–H and O–H groups in total. The van der Waals surface area contributed by atoms with Crippen LogP contribution in [0.25, 0.3) is 0 Å². The molecule has 0 bridgehead atoms. The Kier molecular flexibility index (Phi) is 2.08. The number of nitrogens with zero attached hydrogens (tertiary/aromatic N) is 1. The first-order valence-corrected chi connectivity index (χ1v) is 4.81. The van der Waals surface area contributed by atoms with Gasteiger partial charge in [0.2, 0.25) is 0 Å². The third-order valence-electron chi connectivity index (χ3n) is 3.04. The summed E-state index contributed by atoms with van der Waals surface area (Å²) in [7, 11) is 0. The average molecular weight is 177 g/mol. The fourth-order valence-electron chi connectivity index (χ4n) is 1.77. The Hall–Kier alpha value is -0.890. The Morgan fingerprint density at radius 1 is 1.54 bits per heavy atom. The van der Waals surface area contributed by atoms with Crippen LogP contribution in [-0.2, 0) is 6.42 Å². The van der Waals surface area contributed by atoms with Crippen LogP contribution in [-0.4, -0.2) is 16.2 Å². The lowest BCUT2D eigenvalue weighted by Gasteiger charge is -2.17. The molecule has 1 unspecified atom stereocenters. The van der Waals surface area contributed by atoms with Crippen molar-refractivity contribution in [3.05, 3.63) is 30.1 Å². The lowest BCUT2D eigenvalue weighted by atomic mass is 9.94. The molecular weight excluding hydrogens is 162 g/mol. The maximum absolute atomic E-state index is 9.58. The summed E-state index contributed by atoms with van der Waals surface area (Å²) in [6.45, 7) is 1.88. The van der Waals surface area contributed by atoms with Crippen molar-refractivity contribution in [2.45, 2.75) is 32.3 Å². The van der Waals surface area contributed by atoms with Crippen molar-refractivity contribution in [2.75, 3.05) is 0 Å². The first-order valence-electron chi connectivity index (χ1n) is 4.81. The molecule has 0 radical (unpaired) electrons. The molecule has 1 aliphatic rings. The highest BCUT2D eigenvalue weighted by molar-refractivity contribution is 5.11. The van der Waals surface area contributed by atoms with Gasteiger partial charge in [-0.2, -0.15) is 0 Å². The molecule has 0 saturated heterocycles. The van der Waals surface area contributed by atoms with E-state index in [0.717, 1.165) is 25.0 Å². The van der Waals surface area contributed by atoms with Crippen molar-refractivity contribution in [3.63, 3.8) is 0 Å². The topological polar surface area (TPSA) is 33.1 Å². The Labute approximate surface area is 78.6 Å². The van der Waals surface area contributed by atoms with Crippen LogP contribution in [0, 0.1) is 5.41 Å². The molecule has 1 aromatic rings. The Morgan fingerprint density at radius 2 is 2.31 bits per heavy atom. The summed E-state index contributed by atoms with van der Waals surface area (Å²) in [5.41, 5.74) is 1.25. The molecule has 1 aromatic heterocycles. The number of aliphatic hydroxyl groups excluding tert-OH is 1. The highest BCUT2D eigenvalue weighted by atomic mass is 16.3. The summed E-state index contributed by atoms with van der Waals surface area (Å²) in [6, 6.07) is 5.95. The molecule has 0 amide bonds. The number of aliphatic hydroxyl groups is 1. The van der Waals surface area contributed by atoms with Gasteiger partial charge >= 0.3 is 0 Å². The van der Waals surface area contributed by atoms with Gasteiger partial charge in [-0.15, -0.1) is 0 Å². The number of pyridine rings is 1. The molecule has 0 spiro atoms. The van der Waals surface area contributed by atoms with E-state index in [1.54, 1.807) is 0 Å². The molecule has 1 heterocycles. The standard InChI is InChI=1S/C11H15NO/c1-9(13)11(5-6-11)8-10-4-2-3-7-12-10/h2-4,7,9,13H,5-6,8H2,1H3. The van der Waals surface area contributed by atoms with E-state index in [1.165, 1.54) is 0 Å². The number of hydrogen-bond donors (Lipinski definition) is 1. The Morgan fingerprint density at radius 3 is 2.77 bits per heavy atom. The summed E-state index contributed by atoms with van der Waals surface area (Å²) in [5, 5.41) is 9.58. The first kappa shape index (κ1) is 8.70. The number of rotatable bonds is 3. The largest absolute Gasteiger partial charge is 0.393 e. The van der Waals surface area contributed by atoms with Crippen molar-refractivity contribution in [3.8, 4) is 0 Å². The minimum absolute atomic E-state index is 0.147. The van der Waals surface area contributed by atoms with Crippen LogP contribution in [0.2, 0.25) is 0 Å². The zero-order valence-corrected chi connectivity index (χ0v) is 7.90. The molecule has 2 nitrogen and oxygen atoms in total. The van der Waals surface area contributed by atoms with Crippen LogP contribution in [0.3, 0.4) is 0 Å². The molecule has 0 aromatic carbocycles. The molecular formula is C11H15NO. The predicted molar refractivity (Wildman–Crippen MR) is 51.3 cm³/mol. The van der Waals surface area contributed by atoms with Gasteiger partial charge in [0.1, 0.15) is 0 Å². The summed E-state index contributed by atoms with van der Waals surface area (Å²) < 4.78 is 0. The lowest BCUT2D eigenvalue weighted by Crippen LogP contribution is -2.20. The molecule has 2 heteroatoms. The van der Waals surface area contributed by atoms with E-state index in [-0.39, 0.29) is 11.5 Å². The van der Waals surface area contributed by atoms with Crippen molar-refractivity contribution < 1.29 is 5.11 Å². The summed E-state index contributed by atoms with van der Waals surface area (Å²) in [5.74, 6) is 0. The molecule has 0 aliphatic heterocycles. The zero-order chi connectivity index (χ0) is 9.31. The third kappa shape index (κ3) is 1.73. The van der Waals surface area contributed by atoms with Gasteiger partial charge < -0.3 is 5.11 Å². The molecule has 70 valence electrons. The second-order valence-electron chi connectivity index (χ2n) is 4.04. The Balaban J connectivity index is 2.07. The summed E-state index contributed by atoms with van der Waals surface area (Å²) in [6.07, 6.45) is 4.82.